The van der Waals surface area contributed by atoms with E-state index in [0.29, 0.717) is 24.1 Å². The summed E-state index contributed by atoms with van der Waals surface area (Å²) in [6.07, 6.45) is 30.3. The average Bonchev–Trinajstić information content (AvgIpc) is 2.90. The van der Waals surface area contributed by atoms with Gasteiger partial charge in [-0.3, -0.25) is 0 Å². The number of methoxy groups -OCH3 is 1. The van der Waals surface area contributed by atoms with E-state index in [1.165, 1.54) is 103 Å². The summed E-state index contributed by atoms with van der Waals surface area (Å²) in [6.45, 7) is 5.16. The van der Waals surface area contributed by atoms with Crippen LogP contribution in [-0.2, 0) is 18.6 Å². The van der Waals surface area contributed by atoms with Crippen molar-refractivity contribution in [1.82, 2.24) is 0 Å². The molecule has 0 N–H and O–H groups in total. The highest BCUT2D eigenvalue weighted by molar-refractivity contribution is 7.51. The van der Waals surface area contributed by atoms with E-state index in [0.717, 1.165) is 19.3 Å². The molecule has 2 unspecified atom stereocenters. The zero-order valence-electron chi connectivity index (χ0n) is 27.5. The molecule has 0 amide bonds. The predicted octanol–water partition coefficient (Wildman–Crippen LogP) is 9.02. The molecule has 0 aliphatic rings. The monoisotopic (exact) mass is 589 g/mol. The molecule has 0 heterocycles. The van der Waals surface area contributed by atoms with Crippen molar-refractivity contribution in [3.63, 3.8) is 0 Å². The molecule has 40 heavy (non-hydrogen) atoms. The maximum absolute atomic E-state index is 12.6. The first kappa shape index (κ1) is 39.8. The summed E-state index contributed by atoms with van der Waals surface area (Å²) < 4.78 is 29.3. The molecule has 0 aromatic rings. The van der Waals surface area contributed by atoms with Gasteiger partial charge in [-0.15, -0.1) is 0 Å². The summed E-state index contributed by atoms with van der Waals surface area (Å²) >= 11 is 0. The lowest BCUT2D eigenvalue weighted by Crippen LogP contribution is -2.47. The average molecular weight is 590 g/mol. The maximum atomic E-state index is 12.6. The number of allylic oxidation sites excluding steroid dienone is 2. The van der Waals surface area contributed by atoms with Crippen LogP contribution in [-0.4, -0.2) is 64.4 Å². The third-order valence-electron chi connectivity index (χ3n) is 7.75. The molecule has 0 spiro atoms. The SMILES string of the molecule is CCCCCCCCCCCCCCCC/C=C\CCCCCOC[C@H](COP(=O)([O-])C(CC)[N+](C)(C)C)OC. The van der Waals surface area contributed by atoms with E-state index >= 15 is 0 Å². The number of quaternary nitrogens is 1. The van der Waals surface area contributed by atoms with Gasteiger partial charge in [0.25, 0.3) is 0 Å². The van der Waals surface area contributed by atoms with Crippen molar-refractivity contribution in [3.8, 4) is 0 Å². The molecule has 0 saturated carbocycles. The molecule has 3 atom stereocenters. The van der Waals surface area contributed by atoms with Gasteiger partial charge in [0.2, 0.25) is 0 Å². The number of rotatable bonds is 30. The van der Waals surface area contributed by atoms with Gasteiger partial charge in [0, 0.05) is 20.1 Å². The zero-order chi connectivity index (χ0) is 30.0. The molecular weight excluding hydrogens is 521 g/mol. The van der Waals surface area contributed by atoms with Crippen LogP contribution in [0.3, 0.4) is 0 Å². The molecule has 0 bridgehead atoms. The second-order valence-electron chi connectivity index (χ2n) is 12.5. The molecule has 0 aliphatic heterocycles. The fraction of sp³-hybridized carbons (Fsp3) is 0.939. The summed E-state index contributed by atoms with van der Waals surface area (Å²) in [5.41, 5.74) is 0. The molecule has 0 aliphatic carbocycles. The molecule has 7 heteroatoms. The lowest BCUT2D eigenvalue weighted by atomic mass is 10.0. The highest BCUT2D eigenvalue weighted by Gasteiger charge is 2.34. The van der Waals surface area contributed by atoms with Gasteiger partial charge in [-0.2, -0.15) is 0 Å². The lowest BCUT2D eigenvalue weighted by Gasteiger charge is -2.41. The standard InChI is InChI=1S/C33H68NO5P/c1-7-9-10-11-12-13-14-15-16-17-18-19-20-21-22-23-24-25-26-27-28-29-38-30-32(37-6)31-39-40(35,36)33(8-2)34(3,4)5/h23-24,32-33H,7-22,25-31H2,1-6H3/b24-23-/t32-,33?/m1/s1. The second kappa shape index (κ2) is 26.4. The van der Waals surface area contributed by atoms with Crippen molar-refractivity contribution in [2.24, 2.45) is 0 Å². The molecule has 0 fully saturated rings. The van der Waals surface area contributed by atoms with E-state index < -0.39 is 13.4 Å². The molecule has 6 nitrogen and oxygen atoms in total. The maximum Gasteiger partial charge on any atom is 0.193 e. The largest absolute Gasteiger partial charge is 0.774 e. The Kier molecular flexibility index (Phi) is 26.2. The molecule has 0 rings (SSSR count). The Hall–Kier alpha value is -0.230. The van der Waals surface area contributed by atoms with Gasteiger partial charge in [0.1, 0.15) is 6.10 Å². The fourth-order valence-corrected chi connectivity index (χ4v) is 7.05. The highest BCUT2D eigenvalue weighted by atomic mass is 31.2. The molecule has 240 valence electrons. The minimum atomic E-state index is -3.99. The van der Waals surface area contributed by atoms with Crippen LogP contribution in [0.25, 0.3) is 0 Å². The van der Waals surface area contributed by atoms with Crippen LogP contribution in [0.2, 0.25) is 0 Å². The van der Waals surface area contributed by atoms with Gasteiger partial charge in [-0.05, 0) is 32.1 Å². The molecule has 0 saturated heterocycles. The first-order valence-corrected chi connectivity index (χ1v) is 18.3. The Morgan fingerprint density at radius 3 is 1.57 bits per heavy atom. The highest BCUT2D eigenvalue weighted by Crippen LogP contribution is 2.47. The third kappa shape index (κ3) is 23.3. The van der Waals surface area contributed by atoms with Gasteiger partial charge in [0.15, 0.2) is 13.4 Å². The number of hydrogen-bond acceptors (Lipinski definition) is 5. The Bertz CT molecular complexity index is 622. The third-order valence-corrected chi connectivity index (χ3v) is 10.0. The van der Waals surface area contributed by atoms with E-state index in [4.69, 9.17) is 14.0 Å². The summed E-state index contributed by atoms with van der Waals surface area (Å²) in [7, 11) is 3.18. The number of nitrogens with zero attached hydrogens (tertiary/aromatic N) is 1. The molecule has 0 radical (unpaired) electrons. The minimum absolute atomic E-state index is 0.00210. The number of ether oxygens (including phenoxy) is 2. The van der Waals surface area contributed by atoms with Crippen molar-refractivity contribution < 1.29 is 27.9 Å². The van der Waals surface area contributed by atoms with E-state index in [2.05, 4.69) is 19.1 Å². The topological polar surface area (TPSA) is 67.8 Å². The molecular formula is C33H68NO5P. The van der Waals surface area contributed by atoms with E-state index in [-0.39, 0.29) is 12.7 Å². The van der Waals surface area contributed by atoms with Crippen LogP contribution in [0, 0.1) is 0 Å². The van der Waals surface area contributed by atoms with E-state index in [1.807, 2.05) is 28.1 Å². The van der Waals surface area contributed by atoms with Crippen LogP contribution < -0.4 is 4.89 Å². The molecule has 0 aromatic carbocycles. The van der Waals surface area contributed by atoms with Crippen LogP contribution in [0.4, 0.5) is 0 Å². The summed E-state index contributed by atoms with van der Waals surface area (Å²) in [5, 5.41) is 0. The lowest BCUT2D eigenvalue weighted by molar-refractivity contribution is -0.884. The van der Waals surface area contributed by atoms with Crippen molar-refractivity contribution in [2.45, 2.75) is 154 Å². The van der Waals surface area contributed by atoms with E-state index in [1.54, 1.807) is 7.11 Å². The van der Waals surface area contributed by atoms with Crippen molar-refractivity contribution in [1.29, 1.82) is 0 Å². The Labute approximate surface area is 249 Å². The van der Waals surface area contributed by atoms with E-state index in [9.17, 15) is 9.46 Å². The van der Waals surface area contributed by atoms with Gasteiger partial charge >= 0.3 is 0 Å². The minimum Gasteiger partial charge on any atom is -0.774 e. The Balaban J connectivity index is 3.57. The van der Waals surface area contributed by atoms with Gasteiger partial charge in [-0.1, -0.05) is 116 Å². The van der Waals surface area contributed by atoms with Crippen LogP contribution in [0.1, 0.15) is 142 Å². The molecule has 0 aromatic heterocycles. The van der Waals surface area contributed by atoms with Crippen LogP contribution in [0.15, 0.2) is 12.2 Å². The van der Waals surface area contributed by atoms with Crippen molar-refractivity contribution in [3.05, 3.63) is 12.2 Å². The quantitative estimate of drug-likeness (QED) is 0.0362. The van der Waals surface area contributed by atoms with Gasteiger partial charge < -0.3 is 27.9 Å². The summed E-state index contributed by atoms with van der Waals surface area (Å²) in [4.78, 5) is 12.6. The fourth-order valence-electron chi connectivity index (χ4n) is 5.20. The van der Waals surface area contributed by atoms with Gasteiger partial charge in [0.05, 0.1) is 34.4 Å². The Morgan fingerprint density at radius 2 is 1.15 bits per heavy atom. The van der Waals surface area contributed by atoms with Crippen molar-refractivity contribution in [2.75, 3.05) is 48.1 Å². The Morgan fingerprint density at radius 1 is 0.700 bits per heavy atom. The smallest absolute Gasteiger partial charge is 0.193 e. The summed E-state index contributed by atoms with van der Waals surface area (Å²) in [5.74, 6) is -0.570. The summed E-state index contributed by atoms with van der Waals surface area (Å²) in [6, 6.07) is 0. The first-order chi connectivity index (χ1) is 19.2. The number of hydrogen-bond donors (Lipinski definition) is 0. The predicted molar refractivity (Wildman–Crippen MR) is 170 cm³/mol. The first-order valence-electron chi connectivity index (χ1n) is 16.7. The van der Waals surface area contributed by atoms with Crippen LogP contribution in [0.5, 0.6) is 0 Å². The van der Waals surface area contributed by atoms with Crippen LogP contribution >= 0.6 is 7.60 Å². The second-order valence-corrected chi connectivity index (χ2v) is 14.4. The normalized spacial score (nSPS) is 15.5. The van der Waals surface area contributed by atoms with Crippen molar-refractivity contribution >= 4 is 7.60 Å². The van der Waals surface area contributed by atoms with Gasteiger partial charge in [-0.25, -0.2) is 0 Å². The number of unbranched alkanes of at least 4 members (excludes halogenated alkanes) is 17. The zero-order valence-corrected chi connectivity index (χ0v) is 28.4.